The molecule has 2 heterocycles. The standard InChI is InChI=1S/C11H8ClN2/c1-8-3-2-4-11(14-8)9-5-10(12)7-13-6-9/h2-5,7H,1H3. The highest BCUT2D eigenvalue weighted by Gasteiger charge is 2.00. The SMILES string of the molecule is Cc1cccc(-c2[c]ncc(Cl)c2)n1. The van der Waals surface area contributed by atoms with Crippen molar-refractivity contribution in [1.29, 1.82) is 0 Å². The van der Waals surface area contributed by atoms with Crippen LogP contribution in [-0.4, -0.2) is 9.97 Å². The third-order valence-corrected chi connectivity index (χ3v) is 2.03. The molecule has 2 nitrogen and oxygen atoms in total. The quantitative estimate of drug-likeness (QED) is 0.712. The van der Waals surface area contributed by atoms with Gasteiger partial charge in [-0.25, -0.2) is 0 Å². The second-order valence-electron chi connectivity index (χ2n) is 2.98. The zero-order valence-electron chi connectivity index (χ0n) is 7.66. The molecule has 0 amide bonds. The first-order valence-electron chi connectivity index (χ1n) is 4.23. The summed E-state index contributed by atoms with van der Waals surface area (Å²) in [5, 5.41) is 0.599. The lowest BCUT2D eigenvalue weighted by molar-refractivity contribution is 1.19. The Morgan fingerprint density at radius 1 is 1.36 bits per heavy atom. The third kappa shape index (κ3) is 1.91. The van der Waals surface area contributed by atoms with Crippen molar-refractivity contribution in [3.8, 4) is 11.3 Å². The Bertz CT molecular complexity index is 411. The number of rotatable bonds is 1. The van der Waals surface area contributed by atoms with Crippen LogP contribution in [0.25, 0.3) is 11.3 Å². The Morgan fingerprint density at radius 2 is 2.21 bits per heavy atom. The van der Waals surface area contributed by atoms with Gasteiger partial charge < -0.3 is 0 Å². The Kier molecular flexibility index (Phi) is 2.46. The molecule has 69 valence electrons. The largest absolute Gasteiger partial charge is 0.253 e. The number of halogens is 1. The maximum absolute atomic E-state index is 5.82. The molecule has 2 rings (SSSR count). The van der Waals surface area contributed by atoms with E-state index in [0.29, 0.717) is 5.02 Å². The summed E-state index contributed by atoms with van der Waals surface area (Å²) in [5.74, 6) is 0. The molecule has 0 saturated carbocycles. The lowest BCUT2D eigenvalue weighted by atomic mass is 10.2. The molecule has 0 unspecified atom stereocenters. The Hall–Kier alpha value is -1.41. The van der Waals surface area contributed by atoms with Gasteiger partial charge in [0.2, 0.25) is 0 Å². The molecule has 0 aliphatic carbocycles. The summed E-state index contributed by atoms with van der Waals surface area (Å²) in [7, 11) is 0. The maximum atomic E-state index is 5.82. The predicted octanol–water partition coefficient (Wildman–Crippen LogP) is 2.91. The van der Waals surface area contributed by atoms with Gasteiger partial charge in [0.05, 0.1) is 16.9 Å². The second kappa shape index (κ2) is 3.76. The minimum Gasteiger partial charge on any atom is -0.253 e. The van der Waals surface area contributed by atoms with Gasteiger partial charge in [0.15, 0.2) is 0 Å². The molecule has 0 aromatic carbocycles. The molecule has 1 radical (unpaired) electrons. The fourth-order valence-corrected chi connectivity index (χ4v) is 1.35. The summed E-state index contributed by atoms with van der Waals surface area (Å²) in [6, 6.07) is 7.61. The van der Waals surface area contributed by atoms with E-state index in [2.05, 4.69) is 16.2 Å². The summed E-state index contributed by atoms with van der Waals surface area (Å²) in [6.45, 7) is 1.95. The number of nitrogens with zero attached hydrogens (tertiary/aromatic N) is 2. The summed E-state index contributed by atoms with van der Waals surface area (Å²) < 4.78 is 0. The minimum absolute atomic E-state index is 0.599. The molecule has 3 heteroatoms. The highest BCUT2D eigenvalue weighted by Crippen LogP contribution is 2.18. The molecule has 0 saturated heterocycles. The zero-order valence-corrected chi connectivity index (χ0v) is 8.42. The van der Waals surface area contributed by atoms with Crippen molar-refractivity contribution in [2.75, 3.05) is 0 Å². The third-order valence-electron chi connectivity index (χ3n) is 1.82. The molecule has 0 spiro atoms. The molecule has 0 N–H and O–H groups in total. The second-order valence-corrected chi connectivity index (χ2v) is 3.41. The molecular weight excluding hydrogens is 196 g/mol. The van der Waals surface area contributed by atoms with Crippen LogP contribution in [0, 0.1) is 13.1 Å². The van der Waals surface area contributed by atoms with E-state index in [0.717, 1.165) is 17.0 Å². The van der Waals surface area contributed by atoms with Crippen molar-refractivity contribution in [2.24, 2.45) is 0 Å². The van der Waals surface area contributed by atoms with E-state index in [9.17, 15) is 0 Å². The first kappa shape index (κ1) is 9.16. The van der Waals surface area contributed by atoms with E-state index in [1.807, 2.05) is 25.1 Å². The first-order chi connectivity index (χ1) is 6.75. The van der Waals surface area contributed by atoms with E-state index >= 15 is 0 Å². The lowest BCUT2D eigenvalue weighted by Gasteiger charge is -2.00. The molecule has 2 aromatic heterocycles. The summed E-state index contributed by atoms with van der Waals surface area (Å²) in [5.41, 5.74) is 2.64. The van der Waals surface area contributed by atoms with Crippen molar-refractivity contribution in [3.05, 3.63) is 47.4 Å². The Balaban J connectivity index is 2.49. The van der Waals surface area contributed by atoms with Gasteiger partial charge in [-0.15, -0.1) is 0 Å². The predicted molar refractivity (Wildman–Crippen MR) is 56.1 cm³/mol. The number of aryl methyl sites for hydroxylation is 1. The van der Waals surface area contributed by atoms with Crippen LogP contribution >= 0.6 is 11.6 Å². The maximum Gasteiger partial charge on any atom is 0.0988 e. The normalized spacial score (nSPS) is 10.1. The summed E-state index contributed by atoms with van der Waals surface area (Å²) in [6.07, 6.45) is 4.41. The smallest absolute Gasteiger partial charge is 0.0988 e. The highest BCUT2D eigenvalue weighted by molar-refractivity contribution is 6.30. The number of hydrogen-bond acceptors (Lipinski definition) is 2. The number of hydrogen-bond donors (Lipinski definition) is 0. The molecule has 0 aliphatic heterocycles. The lowest BCUT2D eigenvalue weighted by Crippen LogP contribution is -1.87. The molecule has 0 atom stereocenters. The molecular formula is C11H8ClN2. The van der Waals surface area contributed by atoms with Crippen LogP contribution in [0.3, 0.4) is 0 Å². The van der Waals surface area contributed by atoms with Gasteiger partial charge in [-0.2, -0.15) is 0 Å². The van der Waals surface area contributed by atoms with E-state index in [4.69, 9.17) is 11.6 Å². The van der Waals surface area contributed by atoms with Gasteiger partial charge in [0.25, 0.3) is 0 Å². The molecule has 14 heavy (non-hydrogen) atoms. The van der Waals surface area contributed by atoms with Crippen molar-refractivity contribution < 1.29 is 0 Å². The van der Waals surface area contributed by atoms with Crippen LogP contribution in [0.4, 0.5) is 0 Å². The average molecular weight is 204 g/mol. The van der Waals surface area contributed by atoms with Crippen LogP contribution in [-0.2, 0) is 0 Å². The molecule has 0 aliphatic rings. The van der Waals surface area contributed by atoms with Gasteiger partial charge in [-0.3, -0.25) is 9.97 Å². The van der Waals surface area contributed by atoms with Crippen molar-refractivity contribution in [3.63, 3.8) is 0 Å². The van der Waals surface area contributed by atoms with E-state index in [1.165, 1.54) is 0 Å². The van der Waals surface area contributed by atoms with Gasteiger partial charge in [-0.1, -0.05) is 17.7 Å². The summed E-state index contributed by atoms with van der Waals surface area (Å²) >= 11 is 5.82. The van der Waals surface area contributed by atoms with Crippen LogP contribution < -0.4 is 0 Å². The van der Waals surface area contributed by atoms with Gasteiger partial charge in [0, 0.05) is 17.5 Å². The fraction of sp³-hybridized carbons (Fsp3) is 0.0909. The number of pyridine rings is 2. The van der Waals surface area contributed by atoms with Gasteiger partial charge in [0.1, 0.15) is 0 Å². The minimum atomic E-state index is 0.599. The van der Waals surface area contributed by atoms with Crippen molar-refractivity contribution >= 4 is 11.6 Å². The topological polar surface area (TPSA) is 25.8 Å². The number of aromatic nitrogens is 2. The monoisotopic (exact) mass is 203 g/mol. The molecule has 0 fully saturated rings. The van der Waals surface area contributed by atoms with Crippen LogP contribution in [0.15, 0.2) is 30.5 Å². The average Bonchev–Trinajstić information content (AvgIpc) is 2.18. The fourth-order valence-electron chi connectivity index (χ4n) is 1.20. The van der Waals surface area contributed by atoms with E-state index < -0.39 is 0 Å². The van der Waals surface area contributed by atoms with E-state index in [1.54, 1.807) is 12.3 Å². The molecule has 0 bridgehead atoms. The van der Waals surface area contributed by atoms with Crippen LogP contribution in [0.1, 0.15) is 5.69 Å². The highest BCUT2D eigenvalue weighted by atomic mass is 35.5. The first-order valence-corrected chi connectivity index (χ1v) is 4.61. The van der Waals surface area contributed by atoms with Crippen LogP contribution in [0.5, 0.6) is 0 Å². The van der Waals surface area contributed by atoms with Crippen molar-refractivity contribution in [2.45, 2.75) is 6.92 Å². The molecule has 2 aromatic rings. The van der Waals surface area contributed by atoms with E-state index in [-0.39, 0.29) is 0 Å². The zero-order chi connectivity index (χ0) is 9.97. The summed E-state index contributed by atoms with van der Waals surface area (Å²) in [4.78, 5) is 8.25. The van der Waals surface area contributed by atoms with Crippen molar-refractivity contribution in [1.82, 2.24) is 9.97 Å². The van der Waals surface area contributed by atoms with Gasteiger partial charge in [-0.05, 0) is 25.1 Å². The van der Waals surface area contributed by atoms with Gasteiger partial charge >= 0.3 is 0 Å². The Labute approximate surface area is 87.6 Å². The Morgan fingerprint density at radius 3 is 2.93 bits per heavy atom. The van der Waals surface area contributed by atoms with Crippen LogP contribution in [0.2, 0.25) is 5.02 Å².